The normalized spacial score (nSPS) is 47.9. The van der Waals surface area contributed by atoms with Gasteiger partial charge in [0, 0.05) is 5.92 Å². The zero-order valence-electron chi connectivity index (χ0n) is 12.8. The molecule has 1 aliphatic carbocycles. The van der Waals surface area contributed by atoms with Crippen LogP contribution in [0, 0.1) is 11.8 Å². The zero-order chi connectivity index (χ0) is 17.4. The van der Waals surface area contributed by atoms with E-state index in [9.17, 15) is 30.6 Å². The van der Waals surface area contributed by atoms with Gasteiger partial charge in [0.25, 0.3) is 0 Å². The van der Waals surface area contributed by atoms with Crippen LogP contribution in [-0.4, -0.2) is 87.0 Å². The molecule has 2 heterocycles. The average molecular weight is 346 g/mol. The number of hydrogen-bond donors (Lipinski definition) is 6. The Balaban J connectivity index is 1.75. The van der Waals surface area contributed by atoms with Crippen LogP contribution in [0.4, 0.5) is 0 Å². The summed E-state index contributed by atoms with van der Waals surface area (Å²) in [5.74, 6) is -0.835. The number of aliphatic hydroxyl groups excluding tert-OH is 6. The molecule has 2 aliphatic heterocycles. The molecule has 9 heteroatoms. The van der Waals surface area contributed by atoms with Crippen molar-refractivity contribution in [3.63, 3.8) is 0 Å². The number of rotatable bonds is 4. The molecule has 1 fully saturated rings. The summed E-state index contributed by atoms with van der Waals surface area (Å²) in [7, 11) is 0. The quantitative estimate of drug-likeness (QED) is 0.297. The van der Waals surface area contributed by atoms with Crippen LogP contribution in [0.5, 0.6) is 0 Å². The molecule has 0 radical (unpaired) electrons. The van der Waals surface area contributed by atoms with Crippen molar-refractivity contribution in [1.82, 2.24) is 0 Å². The van der Waals surface area contributed by atoms with Gasteiger partial charge in [-0.25, -0.2) is 0 Å². The Bertz CT molecular complexity index is 505. The lowest BCUT2D eigenvalue weighted by Gasteiger charge is -2.42. The van der Waals surface area contributed by atoms with Crippen molar-refractivity contribution >= 4 is 0 Å². The Labute approximate surface area is 138 Å². The summed E-state index contributed by atoms with van der Waals surface area (Å²) in [5.41, 5.74) is 0.534. The first-order valence-corrected chi connectivity index (χ1v) is 7.75. The van der Waals surface area contributed by atoms with Gasteiger partial charge in [0.05, 0.1) is 31.5 Å². The van der Waals surface area contributed by atoms with Crippen LogP contribution in [0.15, 0.2) is 24.0 Å². The van der Waals surface area contributed by atoms with E-state index in [2.05, 4.69) is 0 Å². The Morgan fingerprint density at radius 2 is 1.75 bits per heavy atom. The molecule has 0 unspecified atom stereocenters. The fourth-order valence-electron chi connectivity index (χ4n) is 3.38. The van der Waals surface area contributed by atoms with E-state index in [4.69, 9.17) is 14.2 Å². The highest BCUT2D eigenvalue weighted by molar-refractivity contribution is 5.25. The molecule has 3 rings (SSSR count). The van der Waals surface area contributed by atoms with E-state index in [0.717, 1.165) is 0 Å². The van der Waals surface area contributed by atoms with E-state index in [1.54, 1.807) is 6.08 Å². The topological polar surface area (TPSA) is 149 Å². The molecular weight excluding hydrogens is 324 g/mol. The lowest BCUT2D eigenvalue weighted by Crippen LogP contribution is -2.60. The van der Waals surface area contributed by atoms with Gasteiger partial charge in [-0.15, -0.1) is 0 Å². The molecule has 24 heavy (non-hydrogen) atoms. The monoisotopic (exact) mass is 346 g/mol. The van der Waals surface area contributed by atoms with Crippen molar-refractivity contribution in [3.8, 4) is 0 Å². The van der Waals surface area contributed by atoms with Crippen LogP contribution in [-0.2, 0) is 14.2 Å². The molecule has 9 atom stereocenters. The molecule has 3 aliphatic rings. The summed E-state index contributed by atoms with van der Waals surface area (Å²) in [5, 5.41) is 58.3. The molecular formula is C15H22O9. The van der Waals surface area contributed by atoms with E-state index in [0.29, 0.717) is 5.57 Å². The number of ether oxygens (including phenoxy) is 3. The number of fused-ring (bicyclic) bond motifs is 1. The minimum Gasteiger partial charge on any atom is -0.472 e. The maximum absolute atomic E-state index is 10.0. The van der Waals surface area contributed by atoms with E-state index in [-0.39, 0.29) is 12.5 Å². The average Bonchev–Trinajstić information content (AvgIpc) is 2.92. The van der Waals surface area contributed by atoms with Gasteiger partial charge in [0.2, 0.25) is 6.29 Å². The maximum Gasteiger partial charge on any atom is 0.209 e. The summed E-state index contributed by atoms with van der Waals surface area (Å²) < 4.78 is 16.3. The zero-order valence-corrected chi connectivity index (χ0v) is 12.8. The number of hydrogen-bond acceptors (Lipinski definition) is 9. The first-order chi connectivity index (χ1) is 11.5. The Morgan fingerprint density at radius 1 is 1.00 bits per heavy atom. The lowest BCUT2D eigenvalue weighted by atomic mass is 9.88. The van der Waals surface area contributed by atoms with Gasteiger partial charge in [-0.1, -0.05) is 6.08 Å². The van der Waals surface area contributed by atoms with Gasteiger partial charge in [0.15, 0.2) is 6.29 Å². The van der Waals surface area contributed by atoms with Crippen molar-refractivity contribution in [2.24, 2.45) is 11.8 Å². The third-order valence-electron chi connectivity index (χ3n) is 4.73. The molecule has 0 aromatic carbocycles. The molecule has 0 spiro atoms. The van der Waals surface area contributed by atoms with Crippen LogP contribution >= 0.6 is 0 Å². The molecule has 0 bridgehead atoms. The van der Waals surface area contributed by atoms with E-state index in [1.165, 1.54) is 12.3 Å². The fourth-order valence-corrected chi connectivity index (χ4v) is 3.38. The molecule has 0 aromatic heterocycles. The van der Waals surface area contributed by atoms with Gasteiger partial charge in [-0.05, 0) is 11.6 Å². The van der Waals surface area contributed by atoms with Crippen LogP contribution in [0.3, 0.4) is 0 Å². The van der Waals surface area contributed by atoms with Crippen molar-refractivity contribution in [1.29, 1.82) is 0 Å². The Hall–Kier alpha value is -1.04. The van der Waals surface area contributed by atoms with Crippen molar-refractivity contribution in [2.75, 3.05) is 13.2 Å². The highest BCUT2D eigenvalue weighted by Gasteiger charge is 2.49. The van der Waals surface area contributed by atoms with Gasteiger partial charge in [-0.2, -0.15) is 0 Å². The largest absolute Gasteiger partial charge is 0.472 e. The highest BCUT2D eigenvalue weighted by atomic mass is 16.8. The SMILES string of the molecule is OCC1=C[C@H](O)[C@H]2C=CO[C@H](O[C@H]3O[C@H](CO)[C@@H](O)[C@@H](O)[C@@H]3O)[C@@H]12. The standard InChI is InChI=1S/C15H22O9/c16-4-6-3-8(18)7-1-2-22-14(10(6)7)24-15-13(21)12(20)11(19)9(5-17)23-15/h1-3,7-21H,4-5H2/t7-,8+,9-,10+,11-,12-,13+,14-,15-/m1/s1. The smallest absolute Gasteiger partial charge is 0.209 e. The second-order valence-corrected chi connectivity index (χ2v) is 6.16. The van der Waals surface area contributed by atoms with Gasteiger partial charge in [-0.3, -0.25) is 0 Å². The van der Waals surface area contributed by atoms with E-state index >= 15 is 0 Å². The first-order valence-electron chi connectivity index (χ1n) is 7.75. The third-order valence-corrected chi connectivity index (χ3v) is 4.73. The van der Waals surface area contributed by atoms with Gasteiger partial charge in [0.1, 0.15) is 24.4 Å². The summed E-state index contributed by atoms with van der Waals surface area (Å²) >= 11 is 0. The predicted octanol–water partition coefficient (Wildman–Crippen LogP) is -2.80. The second-order valence-electron chi connectivity index (χ2n) is 6.16. The first kappa shape index (κ1) is 17.8. The molecule has 0 aromatic rings. The highest BCUT2D eigenvalue weighted by Crippen LogP contribution is 2.40. The summed E-state index contributed by atoms with van der Waals surface area (Å²) in [6.07, 6.45) is -4.27. The van der Waals surface area contributed by atoms with Crippen molar-refractivity contribution < 1.29 is 44.8 Å². The van der Waals surface area contributed by atoms with E-state index in [1.807, 2.05) is 0 Å². The molecule has 136 valence electrons. The molecule has 9 nitrogen and oxygen atoms in total. The van der Waals surface area contributed by atoms with Crippen molar-refractivity contribution in [2.45, 2.75) is 43.1 Å². The van der Waals surface area contributed by atoms with Crippen molar-refractivity contribution in [3.05, 3.63) is 24.0 Å². The van der Waals surface area contributed by atoms with Crippen LogP contribution < -0.4 is 0 Å². The Morgan fingerprint density at radius 3 is 2.42 bits per heavy atom. The van der Waals surface area contributed by atoms with E-state index < -0.39 is 55.6 Å². The second kappa shape index (κ2) is 7.06. The molecule has 1 saturated heterocycles. The number of aliphatic hydroxyl groups is 6. The molecule has 0 saturated carbocycles. The minimum atomic E-state index is -1.56. The minimum absolute atomic E-state index is 0.288. The van der Waals surface area contributed by atoms with Crippen LogP contribution in [0.1, 0.15) is 0 Å². The Kier molecular flexibility index (Phi) is 5.23. The summed E-state index contributed by atoms with van der Waals surface area (Å²) in [6.45, 7) is -0.854. The van der Waals surface area contributed by atoms with Gasteiger partial charge >= 0.3 is 0 Å². The fraction of sp³-hybridized carbons (Fsp3) is 0.733. The predicted molar refractivity (Wildman–Crippen MR) is 77.0 cm³/mol. The van der Waals surface area contributed by atoms with Crippen LogP contribution in [0.2, 0.25) is 0 Å². The lowest BCUT2D eigenvalue weighted by molar-refractivity contribution is -0.339. The third kappa shape index (κ3) is 2.98. The summed E-state index contributed by atoms with van der Waals surface area (Å²) in [4.78, 5) is 0. The van der Waals surface area contributed by atoms with Crippen LogP contribution in [0.25, 0.3) is 0 Å². The van der Waals surface area contributed by atoms with Gasteiger partial charge < -0.3 is 44.8 Å². The molecule has 0 amide bonds. The maximum atomic E-state index is 10.0. The summed E-state index contributed by atoms with van der Waals surface area (Å²) in [6, 6.07) is 0. The molecule has 6 N–H and O–H groups in total.